The Labute approximate surface area is 171 Å². The maximum absolute atomic E-state index is 14.4. The van der Waals surface area contributed by atoms with Gasteiger partial charge in [0.2, 0.25) is 0 Å². The Bertz CT molecular complexity index is 1040. The minimum Gasteiger partial charge on any atom is -0.321 e. The number of rotatable bonds is 3. The normalized spacial score (nSPS) is 19.7. The highest BCUT2D eigenvalue weighted by Gasteiger charge is 2.32. The highest BCUT2D eigenvalue weighted by atomic mass is 32.1. The van der Waals surface area contributed by atoms with Crippen molar-refractivity contribution in [1.82, 2.24) is 30.2 Å². The zero-order valence-corrected chi connectivity index (χ0v) is 17.3. The predicted molar refractivity (Wildman–Crippen MR) is 111 cm³/mol. The molecule has 0 bridgehead atoms. The minimum absolute atomic E-state index is 0.0657. The van der Waals surface area contributed by atoms with Gasteiger partial charge >= 0.3 is 6.03 Å². The van der Waals surface area contributed by atoms with Crippen LogP contribution in [0.5, 0.6) is 0 Å². The fraction of sp³-hybridized carbons (Fsp3) is 0.421. The summed E-state index contributed by atoms with van der Waals surface area (Å²) < 4.78 is 14.4. The summed E-state index contributed by atoms with van der Waals surface area (Å²) in [6.45, 7) is 2.47. The molecule has 0 radical (unpaired) electrons. The maximum atomic E-state index is 14.4. The molecule has 1 aromatic carbocycles. The summed E-state index contributed by atoms with van der Waals surface area (Å²) in [7, 11) is 3.71. The molecule has 1 fully saturated rings. The zero-order chi connectivity index (χ0) is 20.5. The number of aromatic nitrogens is 4. The quantitative estimate of drug-likeness (QED) is 0.708. The topological polar surface area (TPSA) is 87.1 Å². The van der Waals surface area contributed by atoms with Crippen LogP contribution < -0.4 is 5.32 Å². The second-order valence-corrected chi connectivity index (χ2v) is 8.52. The highest BCUT2D eigenvalue weighted by molar-refractivity contribution is 7.14. The summed E-state index contributed by atoms with van der Waals surface area (Å²) in [4.78, 5) is 15.9. The molecule has 1 aliphatic rings. The third-order valence-corrected chi connectivity index (χ3v) is 5.94. The third kappa shape index (κ3) is 4.18. The summed E-state index contributed by atoms with van der Waals surface area (Å²) in [5, 5.41) is 21.7. The molecule has 1 saturated heterocycles. The van der Waals surface area contributed by atoms with Crippen molar-refractivity contribution < 1.29 is 9.18 Å². The molecule has 2 atom stereocenters. The lowest BCUT2D eigenvalue weighted by molar-refractivity contribution is 0.0755. The number of alkyl halides is 1. The van der Waals surface area contributed by atoms with Crippen molar-refractivity contribution in [3.8, 4) is 10.6 Å². The number of likely N-dealkylation sites (tertiary alicyclic amines) is 1. The molecule has 1 N–H and O–H groups in total. The van der Waals surface area contributed by atoms with Gasteiger partial charge in [0, 0.05) is 23.5 Å². The lowest BCUT2D eigenvalue weighted by Gasteiger charge is -2.37. The van der Waals surface area contributed by atoms with Crippen molar-refractivity contribution in [1.29, 1.82) is 0 Å². The van der Waals surface area contributed by atoms with Crippen LogP contribution in [0, 0.1) is 6.92 Å². The first-order valence-corrected chi connectivity index (χ1v) is 10.2. The third-order valence-electron chi connectivity index (χ3n) is 5.05. The van der Waals surface area contributed by atoms with Crippen LogP contribution in [0.2, 0.25) is 0 Å². The number of nitrogens with zero attached hydrogens (tertiary/aromatic N) is 6. The van der Waals surface area contributed by atoms with Crippen LogP contribution in [0.25, 0.3) is 21.5 Å². The summed E-state index contributed by atoms with van der Waals surface area (Å²) in [5.74, 6) is 0.332. The van der Waals surface area contributed by atoms with Crippen LogP contribution in [0.3, 0.4) is 0 Å². The van der Waals surface area contributed by atoms with Gasteiger partial charge in [-0.2, -0.15) is 0 Å². The molecular formula is C19H22FN7OS. The van der Waals surface area contributed by atoms with E-state index in [0.29, 0.717) is 24.3 Å². The molecule has 152 valence electrons. The summed E-state index contributed by atoms with van der Waals surface area (Å²) in [6, 6.07) is 6.96. The number of halogens is 1. The number of nitrogens with one attached hydrogen (secondary N) is 1. The van der Waals surface area contributed by atoms with Crippen LogP contribution in [0.4, 0.5) is 15.0 Å². The Morgan fingerprint density at radius 2 is 2.07 bits per heavy atom. The van der Waals surface area contributed by atoms with Crippen LogP contribution >= 0.6 is 11.3 Å². The maximum Gasteiger partial charge on any atom is 0.323 e. The Morgan fingerprint density at radius 1 is 1.24 bits per heavy atom. The molecule has 29 heavy (non-hydrogen) atoms. The Balaban J connectivity index is 1.50. The number of hydrogen-bond acceptors (Lipinski definition) is 7. The van der Waals surface area contributed by atoms with Crippen molar-refractivity contribution in [2.24, 2.45) is 0 Å². The molecule has 2 aromatic heterocycles. The minimum atomic E-state index is -1.08. The van der Waals surface area contributed by atoms with E-state index in [2.05, 4.69) is 25.7 Å². The smallest absolute Gasteiger partial charge is 0.321 e. The number of anilines is 1. The molecule has 4 rings (SSSR count). The van der Waals surface area contributed by atoms with E-state index in [1.165, 1.54) is 16.2 Å². The van der Waals surface area contributed by atoms with Crippen LogP contribution in [-0.4, -0.2) is 75.6 Å². The highest BCUT2D eigenvalue weighted by Crippen LogP contribution is 2.27. The van der Waals surface area contributed by atoms with E-state index in [1.54, 1.807) is 6.07 Å². The summed E-state index contributed by atoms with van der Waals surface area (Å²) >= 11 is 1.51. The number of fused-ring (bicyclic) bond motifs is 1. The molecule has 3 aromatic rings. The standard InChI is InChI=1S/C19H22FN7OS/c1-11-22-25-18(29-11)12-4-5-15-13(8-12)9-17(24-23-15)21-19(28)27-7-6-16(26(2)3)14(20)10-27/h4-5,8-9,14,16H,6-7,10H2,1-3H3,(H,21,24,28)/t14-,16-/m0/s1. The second-order valence-electron chi connectivity index (χ2n) is 7.34. The molecular weight excluding hydrogens is 393 g/mol. The van der Waals surface area contributed by atoms with Gasteiger partial charge in [0.05, 0.1) is 12.1 Å². The molecule has 0 saturated carbocycles. The van der Waals surface area contributed by atoms with Crippen molar-refractivity contribution in [3.05, 3.63) is 29.3 Å². The van der Waals surface area contributed by atoms with Gasteiger partial charge in [0.15, 0.2) is 5.82 Å². The molecule has 3 heterocycles. The van der Waals surface area contributed by atoms with E-state index < -0.39 is 6.17 Å². The number of amides is 2. The average molecular weight is 415 g/mol. The zero-order valence-electron chi connectivity index (χ0n) is 16.5. The van der Waals surface area contributed by atoms with E-state index in [0.717, 1.165) is 21.0 Å². The van der Waals surface area contributed by atoms with Gasteiger partial charge in [-0.05, 0) is 51.7 Å². The van der Waals surface area contributed by atoms with Crippen LogP contribution in [-0.2, 0) is 0 Å². The fourth-order valence-electron chi connectivity index (χ4n) is 3.50. The number of carbonyl (C=O) groups excluding carboxylic acids is 1. The fourth-order valence-corrected chi connectivity index (χ4v) is 4.19. The van der Waals surface area contributed by atoms with Crippen molar-refractivity contribution in [2.75, 3.05) is 32.5 Å². The van der Waals surface area contributed by atoms with Gasteiger partial charge < -0.3 is 9.80 Å². The van der Waals surface area contributed by atoms with Crippen LogP contribution in [0.15, 0.2) is 24.3 Å². The molecule has 0 spiro atoms. The van der Waals surface area contributed by atoms with Crippen molar-refractivity contribution >= 4 is 34.1 Å². The number of benzene rings is 1. The first-order valence-electron chi connectivity index (χ1n) is 9.35. The lowest BCUT2D eigenvalue weighted by atomic mass is 10.0. The Hall–Kier alpha value is -2.72. The lowest BCUT2D eigenvalue weighted by Crippen LogP contribution is -2.52. The van der Waals surface area contributed by atoms with E-state index in [1.807, 2.05) is 44.1 Å². The predicted octanol–water partition coefficient (Wildman–Crippen LogP) is 2.96. The van der Waals surface area contributed by atoms with Crippen LogP contribution in [0.1, 0.15) is 11.4 Å². The largest absolute Gasteiger partial charge is 0.323 e. The molecule has 8 nitrogen and oxygen atoms in total. The van der Waals surface area contributed by atoms with Gasteiger partial charge in [-0.3, -0.25) is 5.32 Å². The second kappa shape index (κ2) is 7.96. The Kier molecular flexibility index (Phi) is 5.37. The average Bonchev–Trinajstić information content (AvgIpc) is 3.13. The molecule has 2 amide bonds. The molecule has 0 aliphatic carbocycles. The summed E-state index contributed by atoms with van der Waals surface area (Å²) in [5.41, 5.74) is 1.64. The van der Waals surface area contributed by atoms with Crippen molar-refractivity contribution in [2.45, 2.75) is 25.6 Å². The number of urea groups is 1. The Morgan fingerprint density at radius 3 is 2.76 bits per heavy atom. The van der Waals surface area contributed by atoms with E-state index in [-0.39, 0.29) is 18.6 Å². The van der Waals surface area contributed by atoms with Crippen molar-refractivity contribution in [3.63, 3.8) is 0 Å². The van der Waals surface area contributed by atoms with Gasteiger partial charge in [-0.25, -0.2) is 9.18 Å². The molecule has 10 heteroatoms. The number of aryl methyl sites for hydroxylation is 1. The molecule has 0 unspecified atom stereocenters. The first kappa shape index (κ1) is 19.6. The van der Waals surface area contributed by atoms with Gasteiger partial charge in [0.25, 0.3) is 0 Å². The van der Waals surface area contributed by atoms with E-state index in [4.69, 9.17) is 0 Å². The first-order chi connectivity index (χ1) is 13.9. The number of hydrogen-bond donors (Lipinski definition) is 1. The van der Waals surface area contributed by atoms with Gasteiger partial charge in [0.1, 0.15) is 16.2 Å². The molecule has 1 aliphatic heterocycles. The summed E-state index contributed by atoms with van der Waals surface area (Å²) in [6.07, 6.45) is -0.486. The van der Waals surface area contributed by atoms with E-state index in [9.17, 15) is 9.18 Å². The SMILES string of the molecule is Cc1nnc(-c2ccc3nnc(NC(=O)N4CC[C@H](N(C)C)[C@@H](F)C4)cc3c2)s1. The number of carbonyl (C=O) groups is 1. The van der Waals surface area contributed by atoms with Gasteiger partial charge in [-0.1, -0.05) is 11.3 Å². The van der Waals surface area contributed by atoms with E-state index >= 15 is 0 Å². The number of piperidine rings is 1. The monoisotopic (exact) mass is 415 g/mol. The van der Waals surface area contributed by atoms with Gasteiger partial charge in [-0.15, -0.1) is 20.4 Å².